The summed E-state index contributed by atoms with van der Waals surface area (Å²) < 4.78 is 0. The van der Waals surface area contributed by atoms with Crippen LogP contribution in [0.5, 0.6) is 0 Å². The van der Waals surface area contributed by atoms with E-state index in [4.69, 9.17) is 0 Å². The van der Waals surface area contributed by atoms with Crippen LogP contribution in [-0.2, 0) is 0 Å². The molecule has 52 valence electrons. The maximum absolute atomic E-state index is 3.66. The van der Waals surface area contributed by atoms with Crippen molar-refractivity contribution in [1.82, 2.24) is 0 Å². The molecule has 9 heavy (non-hydrogen) atoms. The van der Waals surface area contributed by atoms with Crippen LogP contribution in [0, 0.1) is 0 Å². The zero-order chi connectivity index (χ0) is 7.28. The molecule has 0 nitrogen and oxygen atoms in total. The van der Waals surface area contributed by atoms with Crippen molar-refractivity contribution in [3.05, 3.63) is 22.5 Å². The van der Waals surface area contributed by atoms with E-state index in [1.54, 1.807) is 11.8 Å². The maximum Gasteiger partial charge on any atom is -0.0125 e. The SMILES string of the molecule is C=CSC(CC)=C(C)C. The van der Waals surface area contributed by atoms with E-state index in [2.05, 4.69) is 27.4 Å². The first kappa shape index (κ1) is 8.83. The molecule has 0 bridgehead atoms. The fourth-order valence-corrected chi connectivity index (χ4v) is 1.26. The van der Waals surface area contributed by atoms with E-state index in [9.17, 15) is 0 Å². The lowest BCUT2D eigenvalue weighted by atomic mass is 10.3. The lowest BCUT2D eigenvalue weighted by molar-refractivity contribution is 1.15. The van der Waals surface area contributed by atoms with Crippen molar-refractivity contribution in [1.29, 1.82) is 0 Å². The number of allylic oxidation sites excluding steroid dienone is 2. The van der Waals surface area contributed by atoms with Gasteiger partial charge in [-0.2, -0.15) is 0 Å². The average molecular weight is 142 g/mol. The normalized spacial score (nSPS) is 8.78. The highest BCUT2D eigenvalue weighted by atomic mass is 32.2. The summed E-state index contributed by atoms with van der Waals surface area (Å²) in [4.78, 5) is 1.44. The largest absolute Gasteiger partial charge is 0.103 e. The van der Waals surface area contributed by atoms with Crippen LogP contribution in [0.4, 0.5) is 0 Å². The monoisotopic (exact) mass is 142 g/mol. The molecule has 0 saturated heterocycles. The standard InChI is InChI=1S/C8H14S/c1-5-8(7(3)4)9-6-2/h6H,2,5H2,1,3-4H3. The van der Waals surface area contributed by atoms with Gasteiger partial charge in [0.15, 0.2) is 0 Å². The second-order valence-electron chi connectivity index (χ2n) is 2.06. The van der Waals surface area contributed by atoms with E-state index in [0.29, 0.717) is 0 Å². The molecular weight excluding hydrogens is 128 g/mol. The minimum atomic E-state index is 1.12. The highest BCUT2D eigenvalue weighted by molar-refractivity contribution is 8.05. The Morgan fingerprint density at radius 2 is 2.11 bits per heavy atom. The van der Waals surface area contributed by atoms with Gasteiger partial charge in [0.2, 0.25) is 0 Å². The van der Waals surface area contributed by atoms with E-state index in [1.807, 2.05) is 5.41 Å². The van der Waals surface area contributed by atoms with Crippen molar-refractivity contribution in [3.8, 4) is 0 Å². The van der Waals surface area contributed by atoms with Gasteiger partial charge in [0.25, 0.3) is 0 Å². The van der Waals surface area contributed by atoms with Crippen molar-refractivity contribution < 1.29 is 0 Å². The Balaban J connectivity index is 3.97. The Bertz CT molecular complexity index is 119. The van der Waals surface area contributed by atoms with Crippen LogP contribution in [0.2, 0.25) is 0 Å². The van der Waals surface area contributed by atoms with Crippen molar-refractivity contribution in [2.45, 2.75) is 27.2 Å². The molecule has 0 aliphatic heterocycles. The van der Waals surface area contributed by atoms with E-state index < -0.39 is 0 Å². The van der Waals surface area contributed by atoms with Crippen LogP contribution in [0.3, 0.4) is 0 Å². The molecule has 0 aromatic carbocycles. The number of hydrogen-bond acceptors (Lipinski definition) is 1. The zero-order valence-corrected chi connectivity index (χ0v) is 7.22. The Morgan fingerprint density at radius 3 is 2.22 bits per heavy atom. The van der Waals surface area contributed by atoms with E-state index >= 15 is 0 Å². The molecule has 0 amide bonds. The van der Waals surface area contributed by atoms with Crippen LogP contribution in [0.15, 0.2) is 22.5 Å². The molecule has 0 atom stereocenters. The summed E-state index contributed by atoms with van der Waals surface area (Å²) in [6.45, 7) is 10.1. The van der Waals surface area contributed by atoms with Gasteiger partial charge in [-0.05, 0) is 30.6 Å². The molecule has 0 unspecified atom stereocenters. The molecule has 0 spiro atoms. The minimum absolute atomic E-state index is 1.12. The molecule has 1 heteroatoms. The predicted octanol–water partition coefficient (Wildman–Crippen LogP) is 3.57. The van der Waals surface area contributed by atoms with Crippen LogP contribution >= 0.6 is 11.8 Å². The van der Waals surface area contributed by atoms with Gasteiger partial charge >= 0.3 is 0 Å². The van der Waals surface area contributed by atoms with Gasteiger partial charge in [0, 0.05) is 0 Å². The maximum atomic E-state index is 3.66. The van der Waals surface area contributed by atoms with Crippen molar-refractivity contribution >= 4 is 11.8 Å². The molecule has 0 aromatic rings. The van der Waals surface area contributed by atoms with Crippen molar-refractivity contribution in [2.75, 3.05) is 0 Å². The Kier molecular flexibility index (Phi) is 4.60. The smallest absolute Gasteiger partial charge is 0.0125 e. The molecule has 0 rings (SSSR count). The van der Waals surface area contributed by atoms with Gasteiger partial charge in [-0.3, -0.25) is 0 Å². The summed E-state index contributed by atoms with van der Waals surface area (Å²) >= 11 is 1.73. The minimum Gasteiger partial charge on any atom is -0.103 e. The number of thioether (sulfide) groups is 1. The van der Waals surface area contributed by atoms with Crippen LogP contribution in [0.25, 0.3) is 0 Å². The number of hydrogen-bond donors (Lipinski definition) is 0. The predicted molar refractivity (Wildman–Crippen MR) is 46.5 cm³/mol. The summed E-state index contributed by atoms with van der Waals surface area (Å²) in [5, 5.41) is 1.88. The van der Waals surface area contributed by atoms with Gasteiger partial charge in [-0.25, -0.2) is 0 Å². The van der Waals surface area contributed by atoms with Crippen LogP contribution < -0.4 is 0 Å². The third kappa shape index (κ3) is 3.41. The third-order valence-electron chi connectivity index (χ3n) is 1.10. The first-order chi connectivity index (χ1) is 4.22. The fraction of sp³-hybridized carbons (Fsp3) is 0.500. The second kappa shape index (κ2) is 4.68. The summed E-state index contributed by atoms with van der Waals surface area (Å²) in [7, 11) is 0. The van der Waals surface area contributed by atoms with Gasteiger partial charge in [0.1, 0.15) is 0 Å². The highest BCUT2D eigenvalue weighted by Crippen LogP contribution is 2.22. The highest BCUT2D eigenvalue weighted by Gasteiger charge is 1.92. The van der Waals surface area contributed by atoms with Crippen molar-refractivity contribution in [2.24, 2.45) is 0 Å². The van der Waals surface area contributed by atoms with Gasteiger partial charge in [0.05, 0.1) is 0 Å². The Hall–Kier alpha value is -0.170. The summed E-state index contributed by atoms with van der Waals surface area (Å²) in [6, 6.07) is 0. The Labute approximate surface area is 62.0 Å². The van der Waals surface area contributed by atoms with Gasteiger partial charge in [-0.15, -0.1) is 11.8 Å². The second-order valence-corrected chi connectivity index (χ2v) is 3.12. The first-order valence-corrected chi connectivity index (χ1v) is 4.04. The van der Waals surface area contributed by atoms with Crippen LogP contribution in [0.1, 0.15) is 27.2 Å². The molecule has 0 N–H and O–H groups in total. The lowest BCUT2D eigenvalue weighted by Crippen LogP contribution is -1.74. The van der Waals surface area contributed by atoms with E-state index in [0.717, 1.165) is 6.42 Å². The zero-order valence-electron chi connectivity index (χ0n) is 6.40. The van der Waals surface area contributed by atoms with Gasteiger partial charge < -0.3 is 0 Å². The van der Waals surface area contributed by atoms with E-state index in [-0.39, 0.29) is 0 Å². The Morgan fingerprint density at radius 1 is 1.56 bits per heavy atom. The summed E-state index contributed by atoms with van der Waals surface area (Å²) in [5.41, 5.74) is 1.41. The average Bonchev–Trinajstić information content (AvgIpc) is 1.82. The molecule has 0 heterocycles. The fourth-order valence-electron chi connectivity index (χ4n) is 0.655. The lowest BCUT2D eigenvalue weighted by Gasteiger charge is -2.00. The topological polar surface area (TPSA) is 0 Å². The first-order valence-electron chi connectivity index (χ1n) is 3.16. The molecule has 0 aliphatic rings. The van der Waals surface area contributed by atoms with E-state index in [1.165, 1.54) is 10.5 Å². The third-order valence-corrected chi connectivity index (χ3v) is 2.25. The quantitative estimate of drug-likeness (QED) is 0.580. The molecule has 0 radical (unpaired) electrons. The number of rotatable bonds is 3. The molecule has 0 aliphatic carbocycles. The molecular formula is C8H14S. The van der Waals surface area contributed by atoms with Crippen LogP contribution in [-0.4, -0.2) is 0 Å². The van der Waals surface area contributed by atoms with Crippen molar-refractivity contribution in [3.63, 3.8) is 0 Å². The summed E-state index contributed by atoms with van der Waals surface area (Å²) in [6.07, 6.45) is 1.12. The molecule has 0 aromatic heterocycles. The molecule has 0 fully saturated rings. The molecule has 0 saturated carbocycles. The van der Waals surface area contributed by atoms with Gasteiger partial charge in [-0.1, -0.05) is 19.1 Å². The summed E-state index contributed by atoms with van der Waals surface area (Å²) in [5.74, 6) is 0.